The molecule has 4 aromatic rings. The lowest BCUT2D eigenvalue weighted by Crippen LogP contribution is -2.02. The highest BCUT2D eigenvalue weighted by Crippen LogP contribution is 2.29. The molecular formula is C20H18ClFN6S. The molecule has 0 radical (unpaired) electrons. The molecular weight excluding hydrogens is 411 g/mol. The Labute approximate surface area is 176 Å². The van der Waals surface area contributed by atoms with E-state index in [1.54, 1.807) is 29.7 Å². The number of nitrogens with one attached hydrogen (secondary N) is 3. The minimum atomic E-state index is -0.385. The van der Waals surface area contributed by atoms with Crippen LogP contribution in [0.15, 0.2) is 42.7 Å². The van der Waals surface area contributed by atoms with Gasteiger partial charge in [0, 0.05) is 24.0 Å². The van der Waals surface area contributed by atoms with Gasteiger partial charge in [-0.15, -0.1) is 11.3 Å². The SMILES string of the molecule is Cc1nc(C)c(-c2c[nH]c(Nc3ccc(CNc4ccc(Cl)cc4F)cn3)n2)s1. The van der Waals surface area contributed by atoms with Gasteiger partial charge in [-0.3, -0.25) is 0 Å². The van der Waals surface area contributed by atoms with Crippen LogP contribution in [0.25, 0.3) is 10.6 Å². The number of H-pyrrole nitrogens is 1. The summed E-state index contributed by atoms with van der Waals surface area (Å²) in [4.78, 5) is 17.6. The summed E-state index contributed by atoms with van der Waals surface area (Å²) in [5.74, 6) is 0.875. The number of hydrogen-bond donors (Lipinski definition) is 3. The number of thiazole rings is 1. The molecule has 0 bridgehead atoms. The van der Waals surface area contributed by atoms with E-state index in [1.807, 2.05) is 32.2 Å². The molecule has 0 fully saturated rings. The van der Waals surface area contributed by atoms with Crippen LogP contribution in [-0.2, 0) is 6.54 Å². The largest absolute Gasteiger partial charge is 0.379 e. The summed E-state index contributed by atoms with van der Waals surface area (Å²) in [6, 6.07) is 8.30. The van der Waals surface area contributed by atoms with Crippen molar-refractivity contribution in [1.29, 1.82) is 0 Å². The Morgan fingerprint density at radius 2 is 2.03 bits per heavy atom. The molecule has 3 heterocycles. The van der Waals surface area contributed by atoms with Crippen molar-refractivity contribution in [3.05, 3.63) is 69.8 Å². The summed E-state index contributed by atoms with van der Waals surface area (Å²) in [5, 5.41) is 7.57. The van der Waals surface area contributed by atoms with Crippen LogP contribution in [0, 0.1) is 19.7 Å². The Morgan fingerprint density at radius 1 is 1.17 bits per heavy atom. The van der Waals surface area contributed by atoms with Gasteiger partial charge in [0.25, 0.3) is 0 Å². The van der Waals surface area contributed by atoms with Gasteiger partial charge in [-0.1, -0.05) is 17.7 Å². The predicted molar refractivity (Wildman–Crippen MR) is 115 cm³/mol. The van der Waals surface area contributed by atoms with Crippen LogP contribution in [0.5, 0.6) is 0 Å². The first-order chi connectivity index (χ1) is 14.0. The Morgan fingerprint density at radius 3 is 2.72 bits per heavy atom. The van der Waals surface area contributed by atoms with Gasteiger partial charge >= 0.3 is 0 Å². The van der Waals surface area contributed by atoms with Gasteiger partial charge in [0.1, 0.15) is 17.3 Å². The van der Waals surface area contributed by atoms with Crippen LogP contribution in [-0.4, -0.2) is 19.9 Å². The molecule has 148 valence electrons. The van der Waals surface area contributed by atoms with Crippen LogP contribution in [0.1, 0.15) is 16.3 Å². The van der Waals surface area contributed by atoms with Crippen molar-refractivity contribution in [3.63, 3.8) is 0 Å². The summed E-state index contributed by atoms with van der Waals surface area (Å²) < 4.78 is 13.8. The van der Waals surface area contributed by atoms with Gasteiger partial charge in [-0.25, -0.2) is 19.3 Å². The third-order valence-electron chi connectivity index (χ3n) is 4.20. The molecule has 3 N–H and O–H groups in total. The second kappa shape index (κ2) is 8.18. The molecule has 0 atom stereocenters. The fraction of sp³-hybridized carbons (Fsp3) is 0.150. The summed E-state index contributed by atoms with van der Waals surface area (Å²) in [6.07, 6.45) is 3.57. The topological polar surface area (TPSA) is 78.5 Å². The van der Waals surface area contributed by atoms with Gasteiger partial charge in [-0.2, -0.15) is 0 Å². The normalized spacial score (nSPS) is 10.9. The standard InChI is InChI=1S/C20H18ClFN6S/c1-11-19(29-12(2)26-11)17-10-25-20(27-17)28-18-6-3-13(9-24-18)8-23-16-5-4-14(21)7-15(16)22/h3-7,9-10,23H,8H2,1-2H3,(H2,24,25,27,28). The third-order valence-corrected chi connectivity index (χ3v) is 5.53. The van der Waals surface area contributed by atoms with Crippen molar-refractivity contribution >= 4 is 40.4 Å². The lowest BCUT2D eigenvalue weighted by Gasteiger charge is -2.08. The van der Waals surface area contributed by atoms with Crippen LogP contribution in [0.2, 0.25) is 5.02 Å². The van der Waals surface area contributed by atoms with E-state index in [9.17, 15) is 4.39 Å². The number of nitrogens with zero attached hydrogens (tertiary/aromatic N) is 3. The van der Waals surface area contributed by atoms with Gasteiger partial charge in [0.05, 0.1) is 21.3 Å². The van der Waals surface area contributed by atoms with Crippen LogP contribution in [0.3, 0.4) is 0 Å². The molecule has 6 nitrogen and oxygen atoms in total. The smallest absolute Gasteiger partial charge is 0.206 e. The van der Waals surface area contributed by atoms with Crippen molar-refractivity contribution in [2.45, 2.75) is 20.4 Å². The minimum Gasteiger partial charge on any atom is -0.379 e. The van der Waals surface area contributed by atoms with Crippen LogP contribution >= 0.6 is 22.9 Å². The monoisotopic (exact) mass is 428 g/mol. The molecule has 1 aromatic carbocycles. The Hall–Kier alpha value is -2.97. The van der Waals surface area contributed by atoms with Crippen molar-refractivity contribution in [2.24, 2.45) is 0 Å². The minimum absolute atomic E-state index is 0.367. The number of aromatic amines is 1. The highest BCUT2D eigenvalue weighted by atomic mass is 35.5. The Balaban J connectivity index is 1.39. The predicted octanol–water partition coefficient (Wildman–Crippen LogP) is 5.69. The number of hydrogen-bond acceptors (Lipinski definition) is 6. The Kier molecular flexibility index (Phi) is 5.46. The van der Waals surface area contributed by atoms with E-state index in [2.05, 4.69) is 30.6 Å². The number of pyridine rings is 1. The van der Waals surface area contributed by atoms with E-state index < -0.39 is 0 Å². The number of aryl methyl sites for hydroxylation is 2. The molecule has 0 spiro atoms. The maximum Gasteiger partial charge on any atom is 0.206 e. The molecule has 0 unspecified atom stereocenters. The van der Waals surface area contributed by atoms with Gasteiger partial charge in [0.2, 0.25) is 5.95 Å². The van der Waals surface area contributed by atoms with Gasteiger partial charge in [0.15, 0.2) is 0 Å². The molecule has 0 aliphatic rings. The fourth-order valence-electron chi connectivity index (χ4n) is 2.83. The summed E-state index contributed by atoms with van der Waals surface area (Å²) >= 11 is 7.38. The maximum absolute atomic E-state index is 13.8. The first kappa shape index (κ1) is 19.4. The zero-order valence-electron chi connectivity index (χ0n) is 15.8. The number of halogens is 2. The quantitative estimate of drug-likeness (QED) is 0.367. The first-order valence-corrected chi connectivity index (χ1v) is 10.1. The van der Waals surface area contributed by atoms with Gasteiger partial charge in [-0.05, 0) is 43.7 Å². The summed E-state index contributed by atoms with van der Waals surface area (Å²) in [6.45, 7) is 4.40. The second-order valence-electron chi connectivity index (χ2n) is 6.44. The molecule has 3 aromatic heterocycles. The molecule has 0 saturated heterocycles. The lowest BCUT2D eigenvalue weighted by atomic mass is 10.2. The van der Waals surface area contributed by atoms with E-state index in [1.165, 1.54) is 6.07 Å². The van der Waals surface area contributed by atoms with Crippen molar-refractivity contribution in [2.75, 3.05) is 10.6 Å². The highest BCUT2D eigenvalue weighted by Gasteiger charge is 2.11. The van der Waals surface area contributed by atoms with E-state index in [-0.39, 0.29) is 5.82 Å². The van der Waals surface area contributed by atoms with E-state index in [4.69, 9.17) is 11.6 Å². The van der Waals surface area contributed by atoms with E-state index in [0.29, 0.717) is 29.0 Å². The van der Waals surface area contributed by atoms with E-state index >= 15 is 0 Å². The summed E-state index contributed by atoms with van der Waals surface area (Å²) in [5.41, 5.74) is 3.13. The first-order valence-electron chi connectivity index (χ1n) is 8.88. The molecule has 4 rings (SSSR count). The number of aromatic nitrogens is 4. The molecule has 0 aliphatic carbocycles. The van der Waals surface area contributed by atoms with Crippen molar-refractivity contribution < 1.29 is 4.39 Å². The Bertz CT molecular complexity index is 1140. The van der Waals surface area contributed by atoms with Crippen LogP contribution < -0.4 is 10.6 Å². The van der Waals surface area contributed by atoms with Crippen molar-refractivity contribution in [1.82, 2.24) is 19.9 Å². The second-order valence-corrected chi connectivity index (χ2v) is 8.08. The number of anilines is 3. The van der Waals surface area contributed by atoms with Crippen molar-refractivity contribution in [3.8, 4) is 10.6 Å². The van der Waals surface area contributed by atoms with E-state index in [0.717, 1.165) is 26.8 Å². The highest BCUT2D eigenvalue weighted by molar-refractivity contribution is 7.15. The molecule has 29 heavy (non-hydrogen) atoms. The lowest BCUT2D eigenvalue weighted by molar-refractivity contribution is 0.630. The molecule has 0 saturated carbocycles. The number of rotatable bonds is 6. The third kappa shape index (κ3) is 4.55. The fourth-order valence-corrected chi connectivity index (χ4v) is 3.86. The van der Waals surface area contributed by atoms with Gasteiger partial charge < -0.3 is 15.6 Å². The number of imidazole rings is 1. The molecule has 0 aliphatic heterocycles. The average molecular weight is 429 g/mol. The average Bonchev–Trinajstić information content (AvgIpc) is 3.28. The zero-order valence-corrected chi connectivity index (χ0v) is 17.3. The maximum atomic E-state index is 13.8. The summed E-state index contributed by atoms with van der Waals surface area (Å²) in [7, 11) is 0. The molecule has 0 amide bonds. The molecule has 9 heteroatoms. The zero-order chi connectivity index (χ0) is 20.4. The number of benzene rings is 1. The van der Waals surface area contributed by atoms with Crippen LogP contribution in [0.4, 0.5) is 21.8 Å².